The fourth-order valence-corrected chi connectivity index (χ4v) is 1.46. The van der Waals surface area contributed by atoms with Crippen LogP contribution in [0.2, 0.25) is 0 Å². The van der Waals surface area contributed by atoms with E-state index in [9.17, 15) is 18.0 Å². The number of nitrogens with zero attached hydrogens (tertiary/aromatic N) is 1. The van der Waals surface area contributed by atoms with Crippen LogP contribution in [0.15, 0.2) is 29.4 Å². The number of carbonyl (C=O) groups excluding carboxylic acids is 1. The zero-order valence-electron chi connectivity index (χ0n) is 11.3. The maximum absolute atomic E-state index is 11.8. The first-order chi connectivity index (χ1) is 9.81. The fourth-order valence-electron chi connectivity index (χ4n) is 1.46. The van der Waals surface area contributed by atoms with Gasteiger partial charge in [-0.05, 0) is 19.1 Å². The predicted molar refractivity (Wildman–Crippen MR) is 70.6 cm³/mol. The van der Waals surface area contributed by atoms with E-state index in [1.807, 2.05) is 0 Å². The van der Waals surface area contributed by atoms with E-state index < -0.39 is 18.7 Å². The van der Waals surface area contributed by atoms with E-state index >= 15 is 0 Å². The standard InChI is InChI=1S/C13H15F3N2O3/c1-9(18-20)10-3-2-4-11(7-10)17-12(19)5-6-21-8-13(14,15)16/h2-4,7,20H,5-6,8H2,1H3,(H,17,19)/b18-9-. The number of rotatable bonds is 6. The first kappa shape index (κ1) is 17.0. The SMILES string of the molecule is C/C(=N/O)c1cccc(NC(=O)CCOCC(F)(F)F)c1. The lowest BCUT2D eigenvalue weighted by molar-refractivity contribution is -0.174. The van der Waals surface area contributed by atoms with Crippen LogP contribution in [0.1, 0.15) is 18.9 Å². The van der Waals surface area contributed by atoms with E-state index in [2.05, 4.69) is 15.2 Å². The molecule has 0 heterocycles. The number of hydrogen-bond donors (Lipinski definition) is 2. The van der Waals surface area contributed by atoms with Gasteiger partial charge in [-0.2, -0.15) is 13.2 Å². The highest BCUT2D eigenvalue weighted by Gasteiger charge is 2.27. The highest BCUT2D eigenvalue weighted by atomic mass is 19.4. The van der Waals surface area contributed by atoms with E-state index in [0.717, 1.165) is 0 Å². The molecule has 0 aliphatic carbocycles. The van der Waals surface area contributed by atoms with Gasteiger partial charge in [-0.15, -0.1) is 0 Å². The monoisotopic (exact) mass is 304 g/mol. The van der Waals surface area contributed by atoms with Gasteiger partial charge in [0.05, 0.1) is 18.7 Å². The van der Waals surface area contributed by atoms with Crippen molar-refractivity contribution >= 4 is 17.3 Å². The summed E-state index contributed by atoms with van der Waals surface area (Å²) in [6.45, 7) is -0.101. The minimum Gasteiger partial charge on any atom is -0.411 e. The molecule has 0 aliphatic rings. The largest absolute Gasteiger partial charge is 0.411 e. The number of nitrogens with one attached hydrogen (secondary N) is 1. The van der Waals surface area contributed by atoms with Crippen LogP contribution < -0.4 is 5.32 Å². The summed E-state index contributed by atoms with van der Waals surface area (Å²) in [4.78, 5) is 11.5. The molecule has 1 amide bonds. The number of anilines is 1. The third-order valence-electron chi connectivity index (χ3n) is 2.45. The number of halogens is 3. The molecule has 0 radical (unpaired) electrons. The summed E-state index contributed by atoms with van der Waals surface area (Å²) >= 11 is 0. The molecule has 0 aliphatic heterocycles. The molecule has 8 heteroatoms. The molecule has 116 valence electrons. The van der Waals surface area contributed by atoms with Gasteiger partial charge in [0.1, 0.15) is 6.61 Å². The summed E-state index contributed by atoms with van der Waals surface area (Å²) in [5.41, 5.74) is 1.44. The lowest BCUT2D eigenvalue weighted by Gasteiger charge is -2.09. The molecule has 0 aromatic heterocycles. The summed E-state index contributed by atoms with van der Waals surface area (Å²) in [5, 5.41) is 14.2. The number of carbonyl (C=O) groups is 1. The van der Waals surface area contributed by atoms with E-state index in [1.165, 1.54) is 0 Å². The molecule has 0 spiro atoms. The number of amides is 1. The van der Waals surface area contributed by atoms with Crippen molar-refractivity contribution in [2.24, 2.45) is 5.16 Å². The van der Waals surface area contributed by atoms with E-state index in [0.29, 0.717) is 17.0 Å². The molecule has 1 rings (SSSR count). The number of hydrogen-bond acceptors (Lipinski definition) is 4. The molecule has 0 bridgehead atoms. The van der Waals surface area contributed by atoms with Gasteiger partial charge in [-0.25, -0.2) is 0 Å². The van der Waals surface area contributed by atoms with Gasteiger partial charge in [-0.3, -0.25) is 4.79 Å². The molecule has 0 unspecified atom stereocenters. The Balaban J connectivity index is 2.45. The van der Waals surface area contributed by atoms with Crippen molar-refractivity contribution in [1.82, 2.24) is 0 Å². The third kappa shape index (κ3) is 6.75. The fraction of sp³-hybridized carbons (Fsp3) is 0.385. The van der Waals surface area contributed by atoms with Crippen molar-refractivity contribution in [3.05, 3.63) is 29.8 Å². The number of alkyl halides is 3. The molecule has 0 saturated heterocycles. The summed E-state index contributed by atoms with van der Waals surface area (Å²) in [7, 11) is 0. The van der Waals surface area contributed by atoms with Crippen LogP contribution in [0.25, 0.3) is 0 Å². The van der Waals surface area contributed by atoms with Crippen LogP contribution >= 0.6 is 0 Å². The van der Waals surface area contributed by atoms with Crippen molar-refractivity contribution in [3.8, 4) is 0 Å². The predicted octanol–water partition coefficient (Wildman–Crippen LogP) is 2.79. The zero-order valence-corrected chi connectivity index (χ0v) is 11.3. The maximum Gasteiger partial charge on any atom is 0.411 e. The van der Waals surface area contributed by atoms with Crippen LogP contribution in [0.4, 0.5) is 18.9 Å². The van der Waals surface area contributed by atoms with Crippen LogP contribution in [-0.4, -0.2) is 36.2 Å². The number of benzene rings is 1. The Morgan fingerprint density at radius 2 is 2.14 bits per heavy atom. The quantitative estimate of drug-likeness (QED) is 0.367. The van der Waals surface area contributed by atoms with Crippen molar-refractivity contribution in [2.75, 3.05) is 18.5 Å². The van der Waals surface area contributed by atoms with Crippen molar-refractivity contribution in [1.29, 1.82) is 0 Å². The van der Waals surface area contributed by atoms with E-state index in [1.54, 1.807) is 31.2 Å². The zero-order chi connectivity index (χ0) is 15.9. The molecule has 21 heavy (non-hydrogen) atoms. The lowest BCUT2D eigenvalue weighted by atomic mass is 10.1. The lowest BCUT2D eigenvalue weighted by Crippen LogP contribution is -2.20. The van der Waals surface area contributed by atoms with Crippen molar-refractivity contribution in [2.45, 2.75) is 19.5 Å². The van der Waals surface area contributed by atoms with Gasteiger partial charge in [0.2, 0.25) is 5.91 Å². The molecular weight excluding hydrogens is 289 g/mol. The Morgan fingerprint density at radius 1 is 1.43 bits per heavy atom. The Morgan fingerprint density at radius 3 is 2.76 bits per heavy atom. The maximum atomic E-state index is 11.8. The molecule has 5 nitrogen and oxygen atoms in total. The van der Waals surface area contributed by atoms with Gasteiger partial charge >= 0.3 is 6.18 Å². The molecule has 2 N–H and O–H groups in total. The molecule has 1 aromatic carbocycles. The van der Waals surface area contributed by atoms with E-state index in [4.69, 9.17) is 5.21 Å². The highest BCUT2D eigenvalue weighted by Crippen LogP contribution is 2.15. The Bertz CT molecular complexity index is 516. The summed E-state index contributed by atoms with van der Waals surface area (Å²) in [6, 6.07) is 6.54. The molecule has 0 atom stereocenters. The topological polar surface area (TPSA) is 70.9 Å². The van der Waals surface area contributed by atoms with Crippen LogP contribution in [0.3, 0.4) is 0 Å². The van der Waals surface area contributed by atoms with Crippen LogP contribution in [0, 0.1) is 0 Å². The van der Waals surface area contributed by atoms with Gasteiger partial charge in [0, 0.05) is 11.3 Å². The average Bonchev–Trinajstić information content (AvgIpc) is 2.42. The minimum atomic E-state index is -4.40. The molecule has 0 fully saturated rings. The van der Waals surface area contributed by atoms with Crippen molar-refractivity contribution < 1.29 is 27.9 Å². The second-order valence-corrected chi connectivity index (χ2v) is 4.23. The minimum absolute atomic E-state index is 0.187. The van der Waals surface area contributed by atoms with Crippen molar-refractivity contribution in [3.63, 3.8) is 0 Å². The van der Waals surface area contributed by atoms with Gasteiger partial charge in [0.25, 0.3) is 0 Å². The van der Waals surface area contributed by atoms with Crippen LogP contribution in [-0.2, 0) is 9.53 Å². The molecular formula is C13H15F3N2O3. The van der Waals surface area contributed by atoms with Crippen LogP contribution in [0.5, 0.6) is 0 Å². The Hall–Kier alpha value is -2.09. The summed E-state index contributed by atoms with van der Waals surface area (Å²) in [6.07, 6.45) is -4.58. The number of oxime groups is 1. The highest BCUT2D eigenvalue weighted by molar-refractivity contribution is 6.00. The van der Waals surface area contributed by atoms with E-state index in [-0.39, 0.29) is 13.0 Å². The van der Waals surface area contributed by atoms with Gasteiger partial charge in [0.15, 0.2) is 0 Å². The van der Waals surface area contributed by atoms with Gasteiger partial charge < -0.3 is 15.3 Å². The second kappa shape index (κ2) is 7.63. The molecule has 0 saturated carbocycles. The normalized spacial score (nSPS) is 12.3. The average molecular weight is 304 g/mol. The smallest absolute Gasteiger partial charge is 0.411 e. The first-order valence-corrected chi connectivity index (χ1v) is 6.05. The first-order valence-electron chi connectivity index (χ1n) is 6.05. The third-order valence-corrected chi connectivity index (χ3v) is 2.45. The second-order valence-electron chi connectivity index (χ2n) is 4.23. The number of ether oxygens (including phenoxy) is 1. The Labute approximate surface area is 119 Å². The van der Waals surface area contributed by atoms with Gasteiger partial charge in [-0.1, -0.05) is 17.3 Å². The molecule has 1 aromatic rings. The summed E-state index contributed by atoms with van der Waals surface area (Å²) in [5.74, 6) is -0.465. The summed E-state index contributed by atoms with van der Waals surface area (Å²) < 4.78 is 39.8. The Kier molecular flexibility index (Phi) is 6.16.